The normalized spacial score (nSPS) is 20.4. The van der Waals surface area contributed by atoms with E-state index in [2.05, 4.69) is 5.10 Å². The lowest BCUT2D eigenvalue weighted by Crippen LogP contribution is -2.52. The number of halogens is 3. The molecule has 1 amide bonds. The van der Waals surface area contributed by atoms with Crippen molar-refractivity contribution in [1.29, 1.82) is 0 Å². The fourth-order valence-corrected chi connectivity index (χ4v) is 5.39. The number of hydrogen-bond acceptors (Lipinski definition) is 6. The fraction of sp³-hybridized carbons (Fsp3) is 0.393. The zero-order chi connectivity index (χ0) is 28.1. The molecule has 0 saturated carbocycles. The molecule has 0 aliphatic carbocycles. The number of rotatable bonds is 7. The van der Waals surface area contributed by atoms with Gasteiger partial charge in [0.15, 0.2) is 17.3 Å². The maximum absolute atomic E-state index is 15.4. The molecule has 1 aromatic heterocycles. The predicted molar refractivity (Wildman–Crippen MR) is 134 cm³/mol. The second-order valence-corrected chi connectivity index (χ2v) is 10.3. The largest absolute Gasteiger partial charge is 0.455 e. The highest BCUT2D eigenvalue weighted by Crippen LogP contribution is 2.46. The van der Waals surface area contributed by atoms with Gasteiger partial charge in [-0.15, -0.1) is 0 Å². The third-order valence-electron chi connectivity index (χ3n) is 7.64. The highest BCUT2D eigenvalue weighted by molar-refractivity contribution is 5.96. The third kappa shape index (κ3) is 4.59. The van der Waals surface area contributed by atoms with E-state index in [1.165, 1.54) is 48.2 Å². The van der Waals surface area contributed by atoms with Crippen molar-refractivity contribution < 1.29 is 32.5 Å². The van der Waals surface area contributed by atoms with Crippen molar-refractivity contribution in [2.24, 2.45) is 0 Å². The van der Waals surface area contributed by atoms with E-state index in [1.807, 2.05) is 0 Å². The Hall–Kier alpha value is -3.70. The highest BCUT2D eigenvalue weighted by Gasteiger charge is 2.49. The van der Waals surface area contributed by atoms with Crippen molar-refractivity contribution in [3.63, 3.8) is 0 Å². The van der Waals surface area contributed by atoms with Gasteiger partial charge in [0, 0.05) is 25.1 Å². The molecule has 1 fully saturated rings. The number of nitrogens with zero attached hydrogens (tertiary/aromatic N) is 3. The summed E-state index contributed by atoms with van der Waals surface area (Å²) < 4.78 is 56.0. The van der Waals surface area contributed by atoms with Gasteiger partial charge in [-0.05, 0) is 50.5 Å². The van der Waals surface area contributed by atoms with E-state index in [4.69, 9.17) is 9.47 Å². The van der Waals surface area contributed by atoms with E-state index in [0.29, 0.717) is 24.9 Å². The number of aromatic nitrogens is 2. The van der Waals surface area contributed by atoms with E-state index in [-0.39, 0.29) is 11.3 Å². The standard InChI is InChI=1S/C28H28F3N3O5/c1-28(2,38-3)27(37)39-25-20(35)14-32-34-23(19-8-5-13-33(19)26(36)24(25)34)21(15-9-11-16(29)12-10-15)17-6-4-7-18(30)22(17)31/h4,6-7,9-12,14,19,21,23,27,37H,5,8,13H2,1-3H3/t19-,21-,23-,27?/m1/s1. The molecule has 39 heavy (non-hydrogen) atoms. The summed E-state index contributed by atoms with van der Waals surface area (Å²) in [7, 11) is 1.36. The van der Waals surface area contributed by atoms with Crippen molar-refractivity contribution in [2.45, 2.75) is 56.6 Å². The lowest BCUT2D eigenvalue weighted by molar-refractivity contribution is -0.166. The Labute approximate surface area is 222 Å². The molecule has 1 N–H and O–H groups in total. The van der Waals surface area contributed by atoms with Crippen LogP contribution in [0.25, 0.3) is 0 Å². The quantitative estimate of drug-likeness (QED) is 0.456. The molecule has 0 bridgehead atoms. The molecule has 4 atom stereocenters. The Balaban J connectivity index is 1.76. The Morgan fingerprint density at radius 2 is 1.82 bits per heavy atom. The third-order valence-corrected chi connectivity index (χ3v) is 7.64. The number of methoxy groups -OCH3 is 1. The second-order valence-electron chi connectivity index (χ2n) is 10.3. The Morgan fingerprint density at radius 3 is 2.51 bits per heavy atom. The van der Waals surface area contributed by atoms with Gasteiger partial charge in [-0.25, -0.2) is 13.2 Å². The van der Waals surface area contributed by atoms with Gasteiger partial charge < -0.3 is 19.5 Å². The number of carbonyl (C=O) groups excluding carboxylic acids is 1. The number of hydrogen-bond donors (Lipinski definition) is 1. The van der Waals surface area contributed by atoms with Crippen molar-refractivity contribution in [1.82, 2.24) is 14.7 Å². The van der Waals surface area contributed by atoms with Crippen LogP contribution in [0.4, 0.5) is 13.2 Å². The first-order chi connectivity index (χ1) is 18.5. The predicted octanol–water partition coefficient (Wildman–Crippen LogP) is 3.77. The first-order valence-electron chi connectivity index (χ1n) is 12.6. The topological polar surface area (TPSA) is 93.9 Å². The van der Waals surface area contributed by atoms with Gasteiger partial charge in [-0.2, -0.15) is 5.10 Å². The average molecular weight is 544 g/mol. The molecule has 1 saturated heterocycles. The van der Waals surface area contributed by atoms with Crippen LogP contribution in [0, 0.1) is 17.5 Å². The van der Waals surface area contributed by atoms with Gasteiger partial charge in [-0.1, -0.05) is 24.3 Å². The molecule has 2 aliphatic rings. The Bertz CT molecular complexity index is 1460. The van der Waals surface area contributed by atoms with Gasteiger partial charge in [0.05, 0.1) is 18.3 Å². The molecule has 2 aromatic carbocycles. The van der Waals surface area contributed by atoms with Crippen molar-refractivity contribution in [3.05, 3.63) is 93.2 Å². The van der Waals surface area contributed by atoms with Gasteiger partial charge in [0.1, 0.15) is 11.4 Å². The van der Waals surface area contributed by atoms with Crippen LogP contribution in [0.2, 0.25) is 0 Å². The average Bonchev–Trinajstić information content (AvgIpc) is 3.41. The summed E-state index contributed by atoms with van der Waals surface area (Å²) in [5, 5.41) is 15.0. The molecule has 11 heteroatoms. The summed E-state index contributed by atoms with van der Waals surface area (Å²) in [6.45, 7) is 3.44. The molecule has 5 rings (SSSR count). The number of fused-ring (bicyclic) bond motifs is 2. The minimum Gasteiger partial charge on any atom is -0.455 e. The van der Waals surface area contributed by atoms with Crippen LogP contribution in [-0.2, 0) is 4.74 Å². The van der Waals surface area contributed by atoms with Gasteiger partial charge in [0.2, 0.25) is 17.5 Å². The van der Waals surface area contributed by atoms with Crippen LogP contribution in [0.15, 0.2) is 53.5 Å². The van der Waals surface area contributed by atoms with Crippen LogP contribution in [-0.4, -0.2) is 57.3 Å². The number of aliphatic hydroxyl groups excluding tert-OH is 1. The number of amides is 1. The molecule has 2 aliphatic heterocycles. The SMILES string of the molecule is COC(C)(C)C(O)Oc1c2n(ncc1=O)[C@@H]([C@H](c1ccc(F)cc1)c1cccc(F)c1F)[C@H]1CCCN1C2=O. The van der Waals surface area contributed by atoms with E-state index in [9.17, 15) is 23.5 Å². The van der Waals surface area contributed by atoms with Gasteiger partial charge in [0.25, 0.3) is 5.91 Å². The summed E-state index contributed by atoms with van der Waals surface area (Å²) in [4.78, 5) is 28.3. The Kier molecular flexibility index (Phi) is 6.98. The van der Waals surface area contributed by atoms with Crippen LogP contribution in [0.3, 0.4) is 0 Å². The molecule has 0 spiro atoms. The van der Waals surface area contributed by atoms with Gasteiger partial charge in [-0.3, -0.25) is 14.3 Å². The smallest absolute Gasteiger partial charge is 0.276 e. The van der Waals surface area contributed by atoms with Crippen molar-refractivity contribution in [3.8, 4) is 5.75 Å². The monoisotopic (exact) mass is 543 g/mol. The highest BCUT2D eigenvalue weighted by atomic mass is 19.2. The Morgan fingerprint density at radius 1 is 1.10 bits per heavy atom. The maximum atomic E-state index is 15.4. The first kappa shape index (κ1) is 26.9. The summed E-state index contributed by atoms with van der Waals surface area (Å²) >= 11 is 0. The minimum absolute atomic E-state index is 0.0118. The molecular formula is C28H28F3N3O5. The van der Waals surface area contributed by atoms with E-state index in [0.717, 1.165) is 12.3 Å². The van der Waals surface area contributed by atoms with Crippen LogP contribution < -0.4 is 10.2 Å². The number of ether oxygens (including phenoxy) is 2. The zero-order valence-electron chi connectivity index (χ0n) is 21.6. The van der Waals surface area contributed by atoms with Crippen LogP contribution in [0.5, 0.6) is 5.75 Å². The van der Waals surface area contributed by atoms with Crippen LogP contribution >= 0.6 is 0 Å². The number of carbonyl (C=O) groups is 1. The van der Waals surface area contributed by atoms with Crippen molar-refractivity contribution in [2.75, 3.05) is 13.7 Å². The lowest BCUT2D eigenvalue weighted by atomic mass is 9.79. The van der Waals surface area contributed by atoms with E-state index >= 15 is 4.39 Å². The molecule has 8 nitrogen and oxygen atoms in total. The molecule has 206 valence electrons. The molecular weight excluding hydrogens is 515 g/mol. The number of benzene rings is 2. The number of aliphatic hydroxyl groups is 1. The zero-order valence-corrected chi connectivity index (χ0v) is 21.6. The van der Waals surface area contributed by atoms with E-state index in [1.54, 1.807) is 18.7 Å². The first-order valence-corrected chi connectivity index (χ1v) is 12.6. The lowest BCUT2D eigenvalue weighted by Gasteiger charge is -2.43. The van der Waals surface area contributed by atoms with E-state index < -0.39 is 64.4 Å². The summed E-state index contributed by atoms with van der Waals surface area (Å²) in [6, 6.07) is 7.89. The molecule has 3 aromatic rings. The minimum atomic E-state index is -1.63. The maximum Gasteiger partial charge on any atom is 0.276 e. The fourth-order valence-electron chi connectivity index (χ4n) is 5.39. The van der Waals surface area contributed by atoms with Gasteiger partial charge >= 0.3 is 0 Å². The molecule has 1 unspecified atom stereocenters. The summed E-state index contributed by atoms with van der Waals surface area (Å²) in [6.07, 6.45) is 0.495. The second kappa shape index (κ2) is 10.1. The summed E-state index contributed by atoms with van der Waals surface area (Å²) in [5.41, 5.74) is -1.75. The van der Waals surface area contributed by atoms with Crippen molar-refractivity contribution >= 4 is 5.91 Å². The van der Waals surface area contributed by atoms with Crippen LogP contribution in [0.1, 0.15) is 60.3 Å². The molecule has 0 radical (unpaired) electrons. The summed E-state index contributed by atoms with van der Waals surface area (Å²) in [5.74, 6) is -4.54. The molecule has 3 heterocycles.